The molecule has 3 amide bonds. The van der Waals surface area contributed by atoms with Crippen molar-refractivity contribution in [2.45, 2.75) is 38.8 Å². The van der Waals surface area contributed by atoms with Crippen LogP contribution in [0.2, 0.25) is 0 Å². The number of hydrogen-bond donors (Lipinski definition) is 2. The van der Waals surface area contributed by atoms with Gasteiger partial charge in [0.05, 0.1) is 17.4 Å². The standard InChI is InChI=1S/C22H26FN3O4/c1-14(2)19(25-20(27)17-5-3-4-6-18(17)23)21(28)24-16-7-10-26(11-8-16)22(29)15-9-12-30-13-15/h3-6,9,12-14,16,19H,7-8,10-11H2,1-2H3,(H,24,28)(H,25,27). The predicted molar refractivity (Wildman–Crippen MR) is 108 cm³/mol. The van der Waals surface area contributed by atoms with E-state index in [1.54, 1.807) is 17.0 Å². The number of halogens is 1. The largest absolute Gasteiger partial charge is 0.472 e. The third-order valence-corrected chi connectivity index (χ3v) is 5.25. The molecular weight excluding hydrogens is 389 g/mol. The number of carbonyl (C=O) groups is 3. The minimum Gasteiger partial charge on any atom is -0.472 e. The van der Waals surface area contributed by atoms with E-state index in [1.165, 1.54) is 30.7 Å². The van der Waals surface area contributed by atoms with Crippen LogP contribution in [0.3, 0.4) is 0 Å². The number of nitrogens with one attached hydrogen (secondary N) is 2. The summed E-state index contributed by atoms with van der Waals surface area (Å²) in [6, 6.07) is 6.40. The van der Waals surface area contributed by atoms with Gasteiger partial charge in [-0.3, -0.25) is 14.4 Å². The molecule has 2 heterocycles. The van der Waals surface area contributed by atoms with Crippen molar-refractivity contribution in [2.75, 3.05) is 13.1 Å². The second kappa shape index (κ2) is 9.56. The minimum absolute atomic E-state index is 0.0919. The summed E-state index contributed by atoms with van der Waals surface area (Å²) in [5.74, 6) is -1.83. The number of carbonyl (C=O) groups excluding carboxylic acids is 3. The first kappa shape index (κ1) is 21.5. The van der Waals surface area contributed by atoms with Crippen molar-refractivity contribution in [3.05, 3.63) is 59.8 Å². The first-order valence-corrected chi connectivity index (χ1v) is 10.0. The van der Waals surface area contributed by atoms with Gasteiger partial charge in [-0.1, -0.05) is 26.0 Å². The lowest BCUT2D eigenvalue weighted by atomic mass is 10.00. The Kier molecular flexibility index (Phi) is 6.87. The van der Waals surface area contributed by atoms with Gasteiger partial charge in [0.15, 0.2) is 0 Å². The normalized spacial score (nSPS) is 15.7. The highest BCUT2D eigenvalue weighted by molar-refractivity contribution is 5.98. The number of hydrogen-bond acceptors (Lipinski definition) is 4. The number of furan rings is 1. The van der Waals surface area contributed by atoms with E-state index >= 15 is 0 Å². The van der Waals surface area contributed by atoms with Crippen molar-refractivity contribution in [2.24, 2.45) is 5.92 Å². The summed E-state index contributed by atoms with van der Waals surface area (Å²) in [5, 5.41) is 5.60. The fourth-order valence-corrected chi connectivity index (χ4v) is 3.49. The molecule has 1 unspecified atom stereocenters. The molecule has 0 spiro atoms. The fourth-order valence-electron chi connectivity index (χ4n) is 3.49. The smallest absolute Gasteiger partial charge is 0.257 e. The van der Waals surface area contributed by atoms with E-state index in [9.17, 15) is 18.8 Å². The Morgan fingerprint density at radius 3 is 2.43 bits per heavy atom. The second-order valence-electron chi connectivity index (χ2n) is 7.76. The monoisotopic (exact) mass is 415 g/mol. The molecule has 0 aliphatic carbocycles. The fraction of sp³-hybridized carbons (Fsp3) is 0.409. The van der Waals surface area contributed by atoms with Gasteiger partial charge in [0.2, 0.25) is 5.91 Å². The van der Waals surface area contributed by atoms with Crippen molar-refractivity contribution in [3.63, 3.8) is 0 Å². The van der Waals surface area contributed by atoms with Gasteiger partial charge in [0.25, 0.3) is 11.8 Å². The molecule has 1 aliphatic rings. The summed E-state index contributed by atoms with van der Waals surface area (Å²) in [4.78, 5) is 39.3. The zero-order valence-corrected chi connectivity index (χ0v) is 17.1. The molecule has 3 rings (SSSR count). The Morgan fingerprint density at radius 1 is 1.13 bits per heavy atom. The molecule has 2 aromatic rings. The highest BCUT2D eigenvalue weighted by Gasteiger charge is 2.30. The molecule has 0 bridgehead atoms. The van der Waals surface area contributed by atoms with Gasteiger partial charge < -0.3 is 20.0 Å². The number of amides is 3. The van der Waals surface area contributed by atoms with E-state index in [0.717, 1.165) is 0 Å². The van der Waals surface area contributed by atoms with Crippen LogP contribution in [0.1, 0.15) is 47.4 Å². The molecular formula is C22H26FN3O4. The zero-order chi connectivity index (χ0) is 21.7. The summed E-state index contributed by atoms with van der Waals surface area (Å²) in [7, 11) is 0. The van der Waals surface area contributed by atoms with Crippen LogP contribution in [0.5, 0.6) is 0 Å². The van der Waals surface area contributed by atoms with Crippen LogP contribution in [0.25, 0.3) is 0 Å². The number of benzene rings is 1. The average Bonchev–Trinajstić information content (AvgIpc) is 3.26. The maximum atomic E-state index is 13.9. The molecule has 1 saturated heterocycles. The lowest BCUT2D eigenvalue weighted by molar-refractivity contribution is -0.124. The van der Waals surface area contributed by atoms with E-state index in [-0.39, 0.29) is 29.3 Å². The maximum absolute atomic E-state index is 13.9. The Bertz CT molecular complexity index is 890. The topological polar surface area (TPSA) is 91.7 Å². The third-order valence-electron chi connectivity index (χ3n) is 5.25. The molecule has 7 nitrogen and oxygen atoms in total. The van der Waals surface area contributed by atoms with Crippen LogP contribution >= 0.6 is 0 Å². The molecule has 1 aromatic carbocycles. The van der Waals surface area contributed by atoms with Gasteiger partial charge in [-0.2, -0.15) is 0 Å². The van der Waals surface area contributed by atoms with E-state index in [1.807, 2.05) is 13.8 Å². The van der Waals surface area contributed by atoms with Gasteiger partial charge in [-0.25, -0.2) is 4.39 Å². The molecule has 1 aromatic heterocycles. The zero-order valence-electron chi connectivity index (χ0n) is 17.1. The predicted octanol–water partition coefficient (Wildman–Crippen LogP) is 2.59. The molecule has 1 fully saturated rings. The lowest BCUT2D eigenvalue weighted by Gasteiger charge is -2.33. The summed E-state index contributed by atoms with van der Waals surface area (Å²) in [6.07, 6.45) is 4.10. The van der Waals surface area contributed by atoms with Crippen LogP contribution in [0, 0.1) is 11.7 Å². The first-order chi connectivity index (χ1) is 14.4. The highest BCUT2D eigenvalue weighted by atomic mass is 19.1. The van der Waals surface area contributed by atoms with Crippen molar-refractivity contribution in [1.82, 2.24) is 15.5 Å². The molecule has 0 saturated carbocycles. The summed E-state index contributed by atoms with van der Waals surface area (Å²) in [6.45, 7) is 4.67. The lowest BCUT2D eigenvalue weighted by Crippen LogP contribution is -2.54. The Balaban J connectivity index is 1.55. The molecule has 1 aliphatic heterocycles. The van der Waals surface area contributed by atoms with Crippen LogP contribution in [-0.4, -0.2) is 47.8 Å². The van der Waals surface area contributed by atoms with Crippen LogP contribution < -0.4 is 10.6 Å². The van der Waals surface area contributed by atoms with Crippen LogP contribution in [0.15, 0.2) is 47.3 Å². The van der Waals surface area contributed by atoms with Crippen molar-refractivity contribution in [3.8, 4) is 0 Å². The third kappa shape index (κ3) is 5.06. The van der Waals surface area contributed by atoms with Crippen LogP contribution in [-0.2, 0) is 4.79 Å². The number of likely N-dealkylation sites (tertiary alicyclic amines) is 1. The van der Waals surface area contributed by atoms with Gasteiger partial charge in [0, 0.05) is 19.1 Å². The first-order valence-electron chi connectivity index (χ1n) is 10.0. The van der Waals surface area contributed by atoms with Crippen molar-refractivity contribution < 1.29 is 23.2 Å². The molecule has 8 heteroatoms. The number of nitrogens with zero attached hydrogens (tertiary/aromatic N) is 1. The Labute approximate surface area is 174 Å². The maximum Gasteiger partial charge on any atom is 0.257 e. The Hall–Kier alpha value is -3.16. The van der Waals surface area contributed by atoms with Gasteiger partial charge in [-0.15, -0.1) is 0 Å². The summed E-state index contributed by atoms with van der Waals surface area (Å²) >= 11 is 0. The minimum atomic E-state index is -0.789. The van der Waals surface area contributed by atoms with Crippen LogP contribution in [0.4, 0.5) is 4.39 Å². The number of piperidine rings is 1. The Morgan fingerprint density at radius 2 is 1.83 bits per heavy atom. The van der Waals surface area contributed by atoms with E-state index in [4.69, 9.17) is 4.42 Å². The van der Waals surface area contributed by atoms with Crippen molar-refractivity contribution >= 4 is 17.7 Å². The van der Waals surface area contributed by atoms with Gasteiger partial charge in [0.1, 0.15) is 18.1 Å². The SMILES string of the molecule is CC(C)C(NC(=O)c1ccccc1F)C(=O)NC1CCN(C(=O)c2ccoc2)CC1. The molecule has 160 valence electrons. The van der Waals surface area contributed by atoms with Crippen molar-refractivity contribution in [1.29, 1.82) is 0 Å². The second-order valence-corrected chi connectivity index (χ2v) is 7.76. The van der Waals surface area contributed by atoms with Gasteiger partial charge in [-0.05, 0) is 37.0 Å². The quantitative estimate of drug-likeness (QED) is 0.759. The van der Waals surface area contributed by atoms with E-state index in [2.05, 4.69) is 10.6 Å². The van der Waals surface area contributed by atoms with E-state index < -0.39 is 17.8 Å². The molecule has 0 radical (unpaired) electrons. The molecule has 30 heavy (non-hydrogen) atoms. The molecule has 1 atom stereocenters. The summed E-state index contributed by atoms with van der Waals surface area (Å²) < 4.78 is 18.8. The number of rotatable bonds is 6. The van der Waals surface area contributed by atoms with Gasteiger partial charge >= 0.3 is 0 Å². The highest BCUT2D eigenvalue weighted by Crippen LogP contribution is 2.15. The summed E-state index contributed by atoms with van der Waals surface area (Å²) in [5.41, 5.74) is 0.412. The average molecular weight is 415 g/mol. The van der Waals surface area contributed by atoms with E-state index in [0.29, 0.717) is 31.5 Å². The molecule has 2 N–H and O–H groups in total.